The van der Waals surface area contributed by atoms with Gasteiger partial charge in [0.1, 0.15) is 5.82 Å². The summed E-state index contributed by atoms with van der Waals surface area (Å²) in [7, 11) is 0. The van der Waals surface area contributed by atoms with E-state index in [0.29, 0.717) is 6.42 Å². The largest absolute Gasteiger partial charge is 0.396 e. The van der Waals surface area contributed by atoms with E-state index in [1.807, 2.05) is 36.7 Å². The zero-order valence-electron chi connectivity index (χ0n) is 17.2. The monoisotopic (exact) mass is 413 g/mol. The van der Waals surface area contributed by atoms with Crippen LogP contribution in [-0.4, -0.2) is 32.6 Å². The first-order valence-corrected chi connectivity index (χ1v) is 10.1. The van der Waals surface area contributed by atoms with Crippen molar-refractivity contribution in [2.75, 3.05) is 6.61 Å². The lowest BCUT2D eigenvalue weighted by Crippen LogP contribution is -2.11. The molecule has 0 aliphatic rings. The van der Waals surface area contributed by atoms with Crippen LogP contribution in [0.15, 0.2) is 77.7 Å². The van der Waals surface area contributed by atoms with Gasteiger partial charge in [0.15, 0.2) is 0 Å². The van der Waals surface area contributed by atoms with E-state index in [1.165, 1.54) is 17.8 Å². The lowest BCUT2D eigenvalue weighted by atomic mass is 9.93. The lowest BCUT2D eigenvalue weighted by Gasteiger charge is -2.13. The predicted molar refractivity (Wildman–Crippen MR) is 117 cm³/mol. The molecule has 4 aromatic rings. The number of benzene rings is 2. The molecular formula is C25H23N3O3. The Morgan fingerprint density at radius 1 is 0.968 bits per heavy atom. The Balaban J connectivity index is 1.40. The molecule has 1 N–H and O–H groups in total. The second-order valence-corrected chi connectivity index (χ2v) is 7.56. The van der Waals surface area contributed by atoms with Crippen molar-refractivity contribution in [3.05, 3.63) is 101 Å². The van der Waals surface area contributed by atoms with Crippen molar-refractivity contribution in [3.8, 4) is 11.1 Å². The molecule has 6 nitrogen and oxygen atoms in total. The molecule has 31 heavy (non-hydrogen) atoms. The Bertz CT molecular complexity index is 1120. The zero-order chi connectivity index (χ0) is 21.6. The van der Waals surface area contributed by atoms with Crippen LogP contribution in [0.5, 0.6) is 0 Å². The van der Waals surface area contributed by atoms with Crippen molar-refractivity contribution < 1.29 is 14.4 Å². The average molecular weight is 413 g/mol. The van der Waals surface area contributed by atoms with Crippen LogP contribution in [-0.2, 0) is 6.42 Å². The van der Waals surface area contributed by atoms with Gasteiger partial charge in [-0.3, -0.25) is 4.79 Å². The van der Waals surface area contributed by atoms with Crippen LogP contribution in [0.2, 0.25) is 0 Å². The molecule has 4 rings (SSSR count). The number of Topliss-reactive ketones (excluding diaryl/α,β-unsaturated/α-hetero) is 1. The van der Waals surface area contributed by atoms with E-state index in [1.54, 1.807) is 0 Å². The van der Waals surface area contributed by atoms with Crippen molar-refractivity contribution in [1.82, 2.24) is 15.1 Å². The van der Waals surface area contributed by atoms with E-state index in [0.717, 1.165) is 28.1 Å². The molecule has 2 heterocycles. The number of aliphatic hydroxyl groups excluding tert-OH is 1. The molecule has 6 heteroatoms. The van der Waals surface area contributed by atoms with Crippen molar-refractivity contribution in [3.63, 3.8) is 0 Å². The maximum absolute atomic E-state index is 12.2. The Hall–Kier alpha value is -3.64. The van der Waals surface area contributed by atoms with Crippen molar-refractivity contribution in [1.29, 1.82) is 0 Å². The summed E-state index contributed by atoms with van der Waals surface area (Å²) in [6.45, 7) is 1.94. The third-order valence-corrected chi connectivity index (χ3v) is 5.27. The summed E-state index contributed by atoms with van der Waals surface area (Å²) < 4.78 is 4.91. The number of rotatable bonds is 8. The molecule has 0 amide bonds. The fourth-order valence-electron chi connectivity index (χ4n) is 3.40. The number of aliphatic hydroxyl groups is 1. The molecule has 0 aliphatic carbocycles. The molecule has 1 unspecified atom stereocenters. The summed E-state index contributed by atoms with van der Waals surface area (Å²) >= 11 is 0. The van der Waals surface area contributed by atoms with Gasteiger partial charge in [0.05, 0.1) is 12.8 Å². The first-order chi connectivity index (χ1) is 15.1. The maximum Gasteiger partial charge on any atom is 0.202 e. The molecule has 1 atom stereocenters. The summed E-state index contributed by atoms with van der Waals surface area (Å²) in [5.41, 5.74) is 5.26. The van der Waals surface area contributed by atoms with Crippen LogP contribution in [0.1, 0.15) is 45.4 Å². The predicted octanol–water partition coefficient (Wildman–Crippen LogP) is 4.38. The summed E-state index contributed by atoms with van der Waals surface area (Å²) in [4.78, 5) is 21.2. The Morgan fingerprint density at radius 3 is 2.29 bits per heavy atom. The number of carbonyl (C=O) groups is 1. The van der Waals surface area contributed by atoms with Gasteiger partial charge in [-0.1, -0.05) is 59.3 Å². The van der Waals surface area contributed by atoms with Crippen molar-refractivity contribution in [2.45, 2.75) is 25.7 Å². The van der Waals surface area contributed by atoms with Crippen LogP contribution in [0.25, 0.3) is 11.1 Å². The van der Waals surface area contributed by atoms with Crippen molar-refractivity contribution in [2.24, 2.45) is 0 Å². The molecule has 0 bridgehead atoms. The summed E-state index contributed by atoms with van der Waals surface area (Å²) in [5, 5.41) is 13.3. The number of aryl methyl sites for hydroxylation is 1. The summed E-state index contributed by atoms with van der Waals surface area (Å²) in [6, 6.07) is 17.6. The third kappa shape index (κ3) is 5.10. The highest BCUT2D eigenvalue weighted by atomic mass is 16.5. The van der Waals surface area contributed by atoms with Crippen LogP contribution < -0.4 is 0 Å². The molecular weight excluding hydrogens is 390 g/mol. The number of hydrogen-bond donors (Lipinski definition) is 1. The summed E-state index contributed by atoms with van der Waals surface area (Å²) in [5.74, 6) is 0.475. The maximum atomic E-state index is 12.2. The molecule has 0 radical (unpaired) electrons. The second kappa shape index (κ2) is 9.45. The average Bonchev–Trinajstić information content (AvgIpc) is 3.34. The van der Waals surface area contributed by atoms with E-state index >= 15 is 0 Å². The lowest BCUT2D eigenvalue weighted by molar-refractivity contribution is 0.0924. The Kier molecular flexibility index (Phi) is 6.29. The van der Waals surface area contributed by atoms with E-state index in [4.69, 9.17) is 4.52 Å². The highest BCUT2D eigenvalue weighted by molar-refractivity contribution is 5.93. The topological polar surface area (TPSA) is 89.1 Å². The van der Waals surface area contributed by atoms with Crippen LogP contribution in [0.4, 0.5) is 0 Å². The number of aromatic nitrogens is 3. The molecule has 0 spiro atoms. The summed E-state index contributed by atoms with van der Waals surface area (Å²) in [6.07, 6.45) is 5.89. The van der Waals surface area contributed by atoms with Gasteiger partial charge in [0.2, 0.25) is 11.5 Å². The van der Waals surface area contributed by atoms with Crippen molar-refractivity contribution >= 4 is 5.78 Å². The normalized spacial score (nSPS) is 11.9. The van der Waals surface area contributed by atoms with Gasteiger partial charge in [-0.25, -0.2) is 9.97 Å². The molecule has 2 aromatic carbocycles. The van der Waals surface area contributed by atoms with E-state index in [2.05, 4.69) is 46.3 Å². The Labute approximate surface area is 180 Å². The Morgan fingerprint density at radius 2 is 1.68 bits per heavy atom. The molecule has 156 valence electrons. The van der Waals surface area contributed by atoms with Gasteiger partial charge >= 0.3 is 0 Å². The van der Waals surface area contributed by atoms with Gasteiger partial charge in [0.25, 0.3) is 0 Å². The van der Waals surface area contributed by atoms with Crippen LogP contribution >= 0.6 is 0 Å². The molecule has 0 saturated carbocycles. The van der Waals surface area contributed by atoms with Gasteiger partial charge < -0.3 is 9.63 Å². The minimum atomic E-state index is -0.295. The third-order valence-electron chi connectivity index (χ3n) is 5.27. The first-order valence-electron chi connectivity index (χ1n) is 10.1. The number of nitrogens with zero attached hydrogens (tertiary/aromatic N) is 3. The standard InChI is InChI=1S/C25H23N3O3/c1-17-2-6-20(7-3-17)22-14-26-25(27-15-22)12-18-4-8-19(9-5-18)21(16-29)13-23(30)24-10-11-28-31-24/h2-11,14-15,21,29H,12-13,16H2,1H3. The van der Waals surface area contributed by atoms with Crippen LogP contribution in [0.3, 0.4) is 0 Å². The highest BCUT2D eigenvalue weighted by Gasteiger charge is 2.19. The van der Waals surface area contributed by atoms with E-state index in [9.17, 15) is 9.90 Å². The number of ketones is 1. The second-order valence-electron chi connectivity index (χ2n) is 7.56. The number of carbonyl (C=O) groups excluding carboxylic acids is 1. The smallest absolute Gasteiger partial charge is 0.202 e. The molecule has 0 fully saturated rings. The SMILES string of the molecule is Cc1ccc(-c2cnc(Cc3ccc(C(CO)CC(=O)c4ccno4)cc3)nc2)cc1. The van der Waals surface area contributed by atoms with Crippen LogP contribution in [0, 0.1) is 6.92 Å². The van der Waals surface area contributed by atoms with Gasteiger partial charge in [-0.2, -0.15) is 0 Å². The minimum Gasteiger partial charge on any atom is -0.396 e. The number of hydrogen-bond acceptors (Lipinski definition) is 6. The fourth-order valence-corrected chi connectivity index (χ4v) is 3.40. The fraction of sp³-hybridized carbons (Fsp3) is 0.200. The van der Waals surface area contributed by atoms with Gasteiger partial charge in [-0.05, 0) is 23.6 Å². The van der Waals surface area contributed by atoms with Gasteiger partial charge in [-0.15, -0.1) is 0 Å². The molecule has 0 saturated heterocycles. The van der Waals surface area contributed by atoms with Gasteiger partial charge in [0, 0.05) is 42.8 Å². The quantitative estimate of drug-likeness (QED) is 0.431. The highest BCUT2D eigenvalue weighted by Crippen LogP contribution is 2.23. The van der Waals surface area contributed by atoms with E-state index < -0.39 is 0 Å². The van der Waals surface area contributed by atoms with E-state index in [-0.39, 0.29) is 30.5 Å². The molecule has 0 aliphatic heterocycles. The first kappa shape index (κ1) is 20.6. The molecule has 2 aromatic heterocycles. The minimum absolute atomic E-state index is 0.122. The zero-order valence-corrected chi connectivity index (χ0v) is 17.2.